The van der Waals surface area contributed by atoms with Crippen LogP contribution in [0.15, 0.2) is 54.1 Å². The maximum absolute atomic E-state index is 13.9. The zero-order chi connectivity index (χ0) is 22.0. The van der Waals surface area contributed by atoms with Crippen molar-refractivity contribution >= 4 is 17.3 Å². The van der Waals surface area contributed by atoms with Crippen molar-refractivity contribution in [3.05, 3.63) is 59.7 Å². The van der Waals surface area contributed by atoms with Gasteiger partial charge in [0.1, 0.15) is 11.6 Å². The van der Waals surface area contributed by atoms with Gasteiger partial charge in [-0.15, -0.1) is 0 Å². The minimum atomic E-state index is -0.536. The molecule has 0 aromatic heterocycles. The Balaban J connectivity index is 1.58. The first kappa shape index (κ1) is 20.6. The van der Waals surface area contributed by atoms with Crippen LogP contribution >= 0.6 is 0 Å². The Morgan fingerprint density at radius 1 is 1.00 bits per heavy atom. The SMILES string of the molecule is CC(=O)[C@@H]1C(=O)[C@@]2(C)CCC3C(C=CC4=CC(=O)CC[C@@]43C)C2C[C@@H]1c1ccccc1. The Morgan fingerprint density at radius 2 is 1.74 bits per heavy atom. The van der Waals surface area contributed by atoms with Crippen molar-refractivity contribution in [2.24, 2.45) is 34.5 Å². The lowest BCUT2D eigenvalue weighted by Gasteiger charge is -2.59. The van der Waals surface area contributed by atoms with Gasteiger partial charge < -0.3 is 0 Å². The first-order valence-corrected chi connectivity index (χ1v) is 11.8. The number of benzene rings is 1. The van der Waals surface area contributed by atoms with Crippen molar-refractivity contribution in [2.45, 2.75) is 58.8 Å². The zero-order valence-electron chi connectivity index (χ0n) is 18.8. The molecule has 3 nitrogen and oxygen atoms in total. The summed E-state index contributed by atoms with van der Waals surface area (Å²) in [6.45, 7) is 6.04. The van der Waals surface area contributed by atoms with E-state index in [4.69, 9.17) is 0 Å². The molecule has 2 saturated carbocycles. The quantitative estimate of drug-likeness (QED) is 0.601. The first-order chi connectivity index (χ1) is 14.8. The summed E-state index contributed by atoms with van der Waals surface area (Å²) < 4.78 is 0. The summed E-state index contributed by atoms with van der Waals surface area (Å²) >= 11 is 0. The van der Waals surface area contributed by atoms with Crippen molar-refractivity contribution in [3.63, 3.8) is 0 Å². The van der Waals surface area contributed by atoms with Crippen molar-refractivity contribution < 1.29 is 14.4 Å². The molecule has 0 bridgehead atoms. The third-order valence-electron chi connectivity index (χ3n) is 9.33. The molecular formula is C28H32O3. The summed E-state index contributed by atoms with van der Waals surface area (Å²) in [5.41, 5.74) is 1.85. The predicted molar refractivity (Wildman–Crippen MR) is 120 cm³/mol. The number of carbonyl (C=O) groups excluding carboxylic acids is 3. The third-order valence-corrected chi connectivity index (χ3v) is 9.33. The summed E-state index contributed by atoms with van der Waals surface area (Å²) in [7, 11) is 0. The second kappa shape index (κ2) is 7.12. The Kier molecular flexibility index (Phi) is 4.73. The zero-order valence-corrected chi connectivity index (χ0v) is 18.8. The molecule has 3 heteroatoms. The van der Waals surface area contributed by atoms with Gasteiger partial charge in [-0.2, -0.15) is 0 Å². The second-order valence-electron chi connectivity index (χ2n) is 10.8. The van der Waals surface area contributed by atoms with Crippen molar-refractivity contribution in [2.75, 3.05) is 0 Å². The lowest BCUT2D eigenvalue weighted by atomic mass is 9.44. The predicted octanol–water partition coefficient (Wildman–Crippen LogP) is 5.46. The van der Waals surface area contributed by atoms with Gasteiger partial charge in [0.05, 0.1) is 5.92 Å². The van der Waals surface area contributed by atoms with Gasteiger partial charge in [-0.05, 0) is 73.0 Å². The summed E-state index contributed by atoms with van der Waals surface area (Å²) in [5.74, 6) is 0.805. The van der Waals surface area contributed by atoms with E-state index in [1.807, 2.05) is 24.3 Å². The molecule has 0 saturated heterocycles. The highest BCUT2D eigenvalue weighted by Crippen LogP contribution is 2.63. The van der Waals surface area contributed by atoms with Crippen LogP contribution in [0, 0.1) is 34.5 Å². The molecule has 4 aliphatic carbocycles. The Labute approximate surface area is 185 Å². The van der Waals surface area contributed by atoms with E-state index in [1.165, 1.54) is 5.57 Å². The van der Waals surface area contributed by atoms with Gasteiger partial charge in [0, 0.05) is 17.8 Å². The normalized spacial score (nSPS) is 41.6. The van der Waals surface area contributed by atoms with E-state index in [9.17, 15) is 14.4 Å². The molecule has 1 aromatic carbocycles. The molecule has 7 atom stereocenters. The van der Waals surface area contributed by atoms with E-state index >= 15 is 0 Å². The standard InChI is InChI=1S/C28H32O3/c1-17(29)25-22(18-7-5-4-6-8-18)16-24-21-10-9-19-15-20(30)11-13-27(19,2)23(21)12-14-28(24,3)26(25)31/h4-10,15,21-25H,11-14,16H2,1-3H3/t21?,22-,23?,24?,25+,27+,28+/m1/s1. The summed E-state index contributed by atoms with van der Waals surface area (Å²) in [6, 6.07) is 10.1. The molecule has 3 unspecified atom stereocenters. The van der Waals surface area contributed by atoms with E-state index in [1.54, 1.807) is 6.92 Å². The highest BCUT2D eigenvalue weighted by atomic mass is 16.2. The molecule has 0 aliphatic heterocycles. The maximum Gasteiger partial charge on any atom is 0.156 e. The van der Waals surface area contributed by atoms with Gasteiger partial charge in [0.25, 0.3) is 0 Å². The van der Waals surface area contributed by atoms with E-state index < -0.39 is 11.3 Å². The second-order valence-corrected chi connectivity index (χ2v) is 10.8. The molecule has 0 spiro atoms. The molecule has 0 amide bonds. The minimum absolute atomic E-state index is 0.00260. The topological polar surface area (TPSA) is 51.2 Å². The molecule has 0 heterocycles. The van der Waals surface area contributed by atoms with Gasteiger partial charge in [-0.3, -0.25) is 14.4 Å². The third kappa shape index (κ3) is 2.96. The number of hydrogen-bond acceptors (Lipinski definition) is 3. The number of allylic oxidation sites excluding steroid dienone is 4. The van der Waals surface area contributed by atoms with Crippen LogP contribution in [0.5, 0.6) is 0 Å². The van der Waals surface area contributed by atoms with Crippen molar-refractivity contribution in [3.8, 4) is 0 Å². The highest BCUT2D eigenvalue weighted by Gasteiger charge is 2.60. The lowest BCUT2D eigenvalue weighted by Crippen LogP contribution is -2.57. The Morgan fingerprint density at radius 3 is 2.45 bits per heavy atom. The number of ketones is 3. The van der Waals surface area contributed by atoms with Gasteiger partial charge in [0.15, 0.2) is 5.78 Å². The highest BCUT2D eigenvalue weighted by molar-refractivity contribution is 6.05. The molecule has 0 N–H and O–H groups in total. The molecule has 31 heavy (non-hydrogen) atoms. The molecule has 0 radical (unpaired) electrons. The first-order valence-electron chi connectivity index (χ1n) is 11.8. The van der Waals surface area contributed by atoms with Gasteiger partial charge in [-0.1, -0.05) is 56.3 Å². The number of fused-ring (bicyclic) bond motifs is 5. The molecule has 4 aliphatic rings. The fourth-order valence-electron chi connectivity index (χ4n) is 7.51. The number of rotatable bonds is 2. The van der Waals surface area contributed by atoms with Crippen molar-refractivity contribution in [1.29, 1.82) is 0 Å². The Hall–Kier alpha value is -2.29. The van der Waals surface area contributed by atoms with Crippen LogP contribution in [0.1, 0.15) is 64.4 Å². The Bertz CT molecular complexity index is 1000. The van der Waals surface area contributed by atoms with Crippen LogP contribution in [0.3, 0.4) is 0 Å². The maximum atomic E-state index is 13.9. The van der Waals surface area contributed by atoms with Crippen LogP contribution in [0.4, 0.5) is 0 Å². The van der Waals surface area contributed by atoms with Gasteiger partial charge in [0.2, 0.25) is 0 Å². The average Bonchev–Trinajstić information content (AvgIpc) is 2.75. The van der Waals surface area contributed by atoms with E-state index in [-0.39, 0.29) is 34.6 Å². The van der Waals surface area contributed by atoms with Crippen LogP contribution in [-0.2, 0) is 14.4 Å². The largest absolute Gasteiger partial charge is 0.299 e. The summed E-state index contributed by atoms with van der Waals surface area (Å²) in [4.78, 5) is 38.6. The van der Waals surface area contributed by atoms with Crippen molar-refractivity contribution in [1.82, 2.24) is 0 Å². The van der Waals surface area contributed by atoms with Crippen LogP contribution in [0.2, 0.25) is 0 Å². The monoisotopic (exact) mass is 416 g/mol. The van der Waals surface area contributed by atoms with Crippen LogP contribution in [-0.4, -0.2) is 17.3 Å². The van der Waals surface area contributed by atoms with Gasteiger partial charge in [-0.25, -0.2) is 0 Å². The lowest BCUT2D eigenvalue weighted by molar-refractivity contribution is -0.153. The number of hydrogen-bond donors (Lipinski definition) is 0. The number of carbonyl (C=O) groups is 3. The molecular weight excluding hydrogens is 384 g/mol. The molecule has 5 rings (SSSR count). The van der Waals surface area contributed by atoms with E-state index in [2.05, 4.69) is 38.1 Å². The van der Waals surface area contributed by atoms with E-state index in [0.29, 0.717) is 18.3 Å². The average molecular weight is 417 g/mol. The van der Waals surface area contributed by atoms with E-state index in [0.717, 1.165) is 31.2 Å². The summed E-state index contributed by atoms with van der Waals surface area (Å²) in [5, 5.41) is 0. The smallest absolute Gasteiger partial charge is 0.156 e. The fourth-order valence-corrected chi connectivity index (χ4v) is 7.51. The number of Topliss-reactive ketones (excluding diaryl/α,β-unsaturated/α-hetero) is 2. The van der Waals surface area contributed by atoms with Crippen LogP contribution in [0.25, 0.3) is 0 Å². The molecule has 1 aromatic rings. The van der Waals surface area contributed by atoms with Crippen LogP contribution < -0.4 is 0 Å². The minimum Gasteiger partial charge on any atom is -0.299 e. The summed E-state index contributed by atoms with van der Waals surface area (Å²) in [6.07, 6.45) is 10.5. The fraction of sp³-hybridized carbons (Fsp3) is 0.536. The molecule has 162 valence electrons. The molecule has 2 fully saturated rings. The van der Waals surface area contributed by atoms with Gasteiger partial charge >= 0.3 is 0 Å².